The third-order valence-electron chi connectivity index (χ3n) is 3.41. The molecule has 0 saturated carbocycles. The van der Waals surface area contributed by atoms with E-state index in [9.17, 15) is 4.79 Å². The molecule has 1 fully saturated rings. The number of amides is 2. The molecule has 2 amide bonds. The highest BCUT2D eigenvalue weighted by Crippen LogP contribution is 2.39. The number of fused-ring (bicyclic) bond motifs is 2. The van der Waals surface area contributed by atoms with Gasteiger partial charge >= 0.3 is 6.03 Å². The summed E-state index contributed by atoms with van der Waals surface area (Å²) in [4.78, 5) is 13.5. The van der Waals surface area contributed by atoms with Crippen molar-refractivity contribution >= 4 is 22.0 Å². The highest BCUT2D eigenvalue weighted by atomic mass is 79.9. The number of ether oxygens (including phenoxy) is 1. The van der Waals surface area contributed by atoms with Crippen molar-refractivity contribution in [2.24, 2.45) is 0 Å². The Morgan fingerprint density at radius 2 is 2.44 bits per heavy atom. The molecule has 0 aromatic carbocycles. The van der Waals surface area contributed by atoms with E-state index in [0.717, 1.165) is 16.8 Å². The molecule has 0 bridgehead atoms. The van der Waals surface area contributed by atoms with Crippen molar-refractivity contribution in [1.29, 1.82) is 0 Å². The summed E-state index contributed by atoms with van der Waals surface area (Å²) < 4.78 is 8.68. The third-order valence-corrected chi connectivity index (χ3v) is 3.79. The minimum Gasteiger partial charge on any atom is -0.363 e. The van der Waals surface area contributed by atoms with Gasteiger partial charge in [-0.1, -0.05) is 0 Å². The van der Waals surface area contributed by atoms with Crippen LogP contribution in [0.25, 0.3) is 0 Å². The van der Waals surface area contributed by atoms with Gasteiger partial charge in [-0.3, -0.25) is 4.68 Å². The second-order valence-corrected chi connectivity index (χ2v) is 5.42. The van der Waals surface area contributed by atoms with Crippen molar-refractivity contribution in [2.45, 2.75) is 19.1 Å². The number of hydrogen-bond acceptors (Lipinski definition) is 3. The van der Waals surface area contributed by atoms with Crippen LogP contribution < -0.4 is 5.32 Å². The fraction of sp³-hybridized carbons (Fsp3) is 0.636. The van der Waals surface area contributed by atoms with Crippen molar-refractivity contribution < 1.29 is 9.53 Å². The van der Waals surface area contributed by atoms with E-state index in [-0.39, 0.29) is 11.6 Å². The zero-order chi connectivity index (χ0) is 12.8. The number of carbonyl (C=O) groups is 1. The maximum atomic E-state index is 11.7. The number of nitrogens with one attached hydrogen (secondary N) is 1. The van der Waals surface area contributed by atoms with Gasteiger partial charge in [0.05, 0.1) is 31.9 Å². The molecule has 0 unspecified atom stereocenters. The predicted octanol–water partition coefficient (Wildman–Crippen LogP) is 0.916. The fourth-order valence-electron chi connectivity index (χ4n) is 2.55. The Hall–Kier alpha value is -1.08. The summed E-state index contributed by atoms with van der Waals surface area (Å²) in [6.07, 6.45) is 0. The minimum absolute atomic E-state index is 0.0255. The fourth-order valence-corrected chi connectivity index (χ4v) is 2.96. The molecule has 18 heavy (non-hydrogen) atoms. The van der Waals surface area contributed by atoms with Crippen LogP contribution in [0.4, 0.5) is 4.79 Å². The van der Waals surface area contributed by atoms with Crippen molar-refractivity contribution in [1.82, 2.24) is 20.0 Å². The van der Waals surface area contributed by atoms with Crippen molar-refractivity contribution in [3.05, 3.63) is 16.4 Å². The number of urea groups is 1. The lowest BCUT2D eigenvalue weighted by Crippen LogP contribution is -2.66. The number of aromatic nitrogens is 2. The van der Waals surface area contributed by atoms with E-state index in [1.165, 1.54) is 0 Å². The average molecular weight is 315 g/mol. The molecular weight excluding hydrogens is 300 g/mol. The maximum absolute atomic E-state index is 11.7. The largest absolute Gasteiger partial charge is 0.363 e. The van der Waals surface area contributed by atoms with Crippen LogP contribution in [0.3, 0.4) is 0 Å². The number of carbonyl (C=O) groups excluding carboxylic acids is 1. The number of likely N-dealkylation sites (tertiary alicyclic amines) is 1. The molecule has 0 aliphatic carbocycles. The van der Waals surface area contributed by atoms with Gasteiger partial charge in [-0.25, -0.2) is 4.79 Å². The molecular formula is C11H15BrN4O2. The highest BCUT2D eigenvalue weighted by molar-refractivity contribution is 9.10. The van der Waals surface area contributed by atoms with E-state index in [4.69, 9.17) is 4.74 Å². The zero-order valence-electron chi connectivity index (χ0n) is 10.1. The molecule has 2 aliphatic heterocycles. The summed E-state index contributed by atoms with van der Waals surface area (Å²) in [6, 6.07) is 1.95. The molecule has 0 atom stereocenters. The zero-order valence-corrected chi connectivity index (χ0v) is 11.7. The van der Waals surface area contributed by atoms with E-state index in [0.29, 0.717) is 26.2 Å². The Labute approximate surface area is 113 Å². The number of halogens is 1. The van der Waals surface area contributed by atoms with Gasteiger partial charge < -0.3 is 15.0 Å². The highest BCUT2D eigenvalue weighted by Gasteiger charge is 2.51. The normalized spacial score (nSPS) is 20.4. The smallest absolute Gasteiger partial charge is 0.317 e. The molecule has 1 aromatic rings. The molecule has 98 valence electrons. The van der Waals surface area contributed by atoms with Gasteiger partial charge in [0, 0.05) is 6.54 Å². The Bertz CT molecular complexity index is 481. The van der Waals surface area contributed by atoms with Crippen LogP contribution in [0.5, 0.6) is 0 Å². The molecule has 2 aliphatic rings. The average Bonchev–Trinajstić information content (AvgIpc) is 2.66. The van der Waals surface area contributed by atoms with Gasteiger partial charge in [0.1, 0.15) is 10.2 Å². The number of rotatable bonds is 1. The van der Waals surface area contributed by atoms with Crippen molar-refractivity contribution in [2.75, 3.05) is 26.2 Å². The van der Waals surface area contributed by atoms with Crippen LogP contribution in [0.1, 0.15) is 12.6 Å². The lowest BCUT2D eigenvalue weighted by Gasteiger charge is -2.50. The van der Waals surface area contributed by atoms with E-state index >= 15 is 0 Å². The standard InChI is InChI=1S/C11H15BrN4O2/c1-2-13-10(17)15-6-11(7-15)8-5-9(12)14-16(8)3-4-18-11/h5H,2-4,6-7H2,1H3,(H,13,17). The molecule has 1 aromatic heterocycles. The summed E-state index contributed by atoms with van der Waals surface area (Å²) in [7, 11) is 0. The summed E-state index contributed by atoms with van der Waals surface area (Å²) in [6.45, 7) is 5.16. The second kappa shape index (κ2) is 4.24. The van der Waals surface area contributed by atoms with Gasteiger partial charge in [-0.2, -0.15) is 5.10 Å². The van der Waals surface area contributed by atoms with E-state index in [1.807, 2.05) is 17.7 Å². The van der Waals surface area contributed by atoms with Gasteiger partial charge in [0.15, 0.2) is 0 Å². The lowest BCUT2D eigenvalue weighted by atomic mass is 9.89. The van der Waals surface area contributed by atoms with Crippen LogP contribution in [-0.2, 0) is 16.9 Å². The van der Waals surface area contributed by atoms with E-state index < -0.39 is 0 Å². The van der Waals surface area contributed by atoms with Crippen molar-refractivity contribution in [3.63, 3.8) is 0 Å². The molecule has 6 nitrogen and oxygen atoms in total. The summed E-state index contributed by atoms with van der Waals surface area (Å²) in [5.74, 6) is 0. The van der Waals surface area contributed by atoms with Gasteiger partial charge in [-0.05, 0) is 28.9 Å². The molecule has 1 spiro atoms. The predicted molar refractivity (Wildman–Crippen MR) is 68.2 cm³/mol. The third kappa shape index (κ3) is 1.73. The van der Waals surface area contributed by atoms with Crippen LogP contribution in [0.15, 0.2) is 10.7 Å². The van der Waals surface area contributed by atoms with Crippen LogP contribution >= 0.6 is 15.9 Å². The number of nitrogens with zero attached hydrogens (tertiary/aromatic N) is 3. The Morgan fingerprint density at radius 3 is 3.17 bits per heavy atom. The second-order valence-electron chi connectivity index (χ2n) is 4.61. The quantitative estimate of drug-likeness (QED) is 0.838. The molecule has 3 heterocycles. The Balaban J connectivity index is 1.78. The van der Waals surface area contributed by atoms with Crippen LogP contribution in [0.2, 0.25) is 0 Å². The minimum atomic E-state index is -0.359. The Morgan fingerprint density at radius 1 is 1.67 bits per heavy atom. The van der Waals surface area contributed by atoms with Crippen molar-refractivity contribution in [3.8, 4) is 0 Å². The first-order valence-corrected chi connectivity index (χ1v) is 6.84. The summed E-state index contributed by atoms with van der Waals surface area (Å²) in [5.41, 5.74) is 0.698. The van der Waals surface area contributed by atoms with Gasteiger partial charge in [0.25, 0.3) is 0 Å². The summed E-state index contributed by atoms with van der Waals surface area (Å²) >= 11 is 3.39. The van der Waals surface area contributed by atoms with E-state index in [1.54, 1.807) is 4.90 Å². The molecule has 0 radical (unpaired) electrons. The monoisotopic (exact) mass is 314 g/mol. The van der Waals surface area contributed by atoms with Crippen LogP contribution in [-0.4, -0.2) is 47.0 Å². The molecule has 7 heteroatoms. The topological polar surface area (TPSA) is 59.4 Å². The lowest BCUT2D eigenvalue weighted by molar-refractivity contribution is -0.155. The Kier molecular flexibility index (Phi) is 2.82. The summed E-state index contributed by atoms with van der Waals surface area (Å²) in [5, 5.41) is 7.17. The van der Waals surface area contributed by atoms with Gasteiger partial charge in [0.2, 0.25) is 0 Å². The van der Waals surface area contributed by atoms with Gasteiger partial charge in [-0.15, -0.1) is 0 Å². The first-order chi connectivity index (χ1) is 8.64. The molecule has 1 N–H and O–H groups in total. The first kappa shape index (κ1) is 12.0. The van der Waals surface area contributed by atoms with E-state index in [2.05, 4.69) is 26.3 Å². The molecule has 3 rings (SSSR count). The number of hydrogen-bond donors (Lipinski definition) is 1. The van der Waals surface area contributed by atoms with Crippen LogP contribution in [0, 0.1) is 0 Å². The SMILES string of the molecule is CCNC(=O)N1CC2(C1)OCCn1nc(Br)cc12. The first-order valence-electron chi connectivity index (χ1n) is 6.05. The maximum Gasteiger partial charge on any atom is 0.317 e. The molecule has 1 saturated heterocycles.